The Morgan fingerprint density at radius 1 is 0.931 bits per heavy atom. The maximum atomic E-state index is 10.8. The Kier molecular flexibility index (Phi) is 3.87. The van der Waals surface area contributed by atoms with E-state index in [1.807, 2.05) is 0 Å². The second-order valence-corrected chi connectivity index (χ2v) is 13.3. The van der Waals surface area contributed by atoms with Gasteiger partial charge in [-0.2, -0.15) is 0 Å². The van der Waals surface area contributed by atoms with Crippen molar-refractivity contribution in [2.24, 2.45) is 44.8 Å². The average Bonchev–Trinajstić information content (AvgIpc) is 2.69. The number of fused-ring (bicyclic) bond motifs is 7. The van der Waals surface area contributed by atoms with E-state index in [2.05, 4.69) is 47.6 Å². The van der Waals surface area contributed by atoms with Crippen LogP contribution in [0.3, 0.4) is 0 Å². The molecule has 0 heterocycles. The van der Waals surface area contributed by atoms with Gasteiger partial charge in [0.15, 0.2) is 0 Å². The zero-order valence-corrected chi connectivity index (χ0v) is 19.9. The highest BCUT2D eigenvalue weighted by Gasteiger charge is 2.67. The fourth-order valence-electron chi connectivity index (χ4n) is 9.76. The fourth-order valence-corrected chi connectivity index (χ4v) is 9.76. The predicted octanol–water partition coefficient (Wildman–Crippen LogP) is 7.53. The molecule has 4 saturated carbocycles. The molecular weight excluding hydrogens is 352 g/mol. The molecule has 1 N–H and O–H groups in total. The first-order valence-electron chi connectivity index (χ1n) is 13.7. The van der Waals surface area contributed by atoms with E-state index in [1.54, 1.807) is 5.57 Å². The van der Waals surface area contributed by atoms with Crippen LogP contribution >= 0.6 is 0 Å². The van der Waals surface area contributed by atoms with Gasteiger partial charge in [-0.25, -0.2) is 0 Å². The first-order valence-corrected chi connectivity index (χ1v) is 12.5. The first kappa shape index (κ1) is 18.3. The van der Waals surface area contributed by atoms with E-state index in [0.29, 0.717) is 11.8 Å². The minimum absolute atomic E-state index is 0.00154. The van der Waals surface area contributed by atoms with Gasteiger partial charge in [-0.3, -0.25) is 0 Å². The third-order valence-corrected chi connectivity index (χ3v) is 12.0. The summed E-state index contributed by atoms with van der Waals surface area (Å²) in [6, 6.07) is 0. The number of hydrogen-bond acceptors (Lipinski definition) is 1. The molecule has 5 rings (SSSR count). The van der Waals surface area contributed by atoms with Crippen LogP contribution < -0.4 is 0 Å². The maximum absolute atomic E-state index is 10.8. The van der Waals surface area contributed by atoms with Crippen molar-refractivity contribution < 1.29 is 7.85 Å². The van der Waals surface area contributed by atoms with Crippen molar-refractivity contribution in [1.29, 1.82) is 0 Å². The highest BCUT2D eigenvalue weighted by molar-refractivity contribution is 5.33. The fraction of sp³-hybridized carbons (Fsp3) is 0.929. The lowest BCUT2D eigenvalue weighted by Gasteiger charge is -2.71. The standard InChI is InChI=1S/C28H46O/c1-24(2)21-12-16-28(6)22(26(21,4)15-13-23(24)29)11-10-20-19-9-7-8-14-25(19,3)17-18-27(20,28)5/h10,19,21-23,29H,7-9,11-18H2,1-6H3/t19-,21-,22+,23-,25+,26-,27+,28+/m0/s1/i7D,9D/t7?,9-,19+,21+,22-,23+,25-,26+,27-,28-/m1. The van der Waals surface area contributed by atoms with Crippen molar-refractivity contribution in [3.8, 4) is 0 Å². The second-order valence-electron chi connectivity index (χ2n) is 13.3. The summed E-state index contributed by atoms with van der Waals surface area (Å²) < 4.78 is 17.6. The molecule has 0 bridgehead atoms. The lowest BCUT2D eigenvalue weighted by atomic mass is 9.34. The van der Waals surface area contributed by atoms with Gasteiger partial charge in [-0.15, -0.1) is 0 Å². The van der Waals surface area contributed by atoms with Crippen molar-refractivity contribution >= 4 is 0 Å². The molecule has 5 aliphatic rings. The van der Waals surface area contributed by atoms with E-state index < -0.39 is 0 Å². The summed E-state index contributed by atoms with van der Waals surface area (Å²) in [5.41, 5.74) is 2.50. The van der Waals surface area contributed by atoms with Crippen molar-refractivity contribution in [2.45, 2.75) is 118 Å². The molecule has 1 nitrogen and oxygen atoms in total. The minimum atomic E-state index is -0.263. The van der Waals surface area contributed by atoms with Gasteiger partial charge in [-0.05, 0) is 103 Å². The van der Waals surface area contributed by atoms with Gasteiger partial charge in [0, 0.05) is 2.74 Å². The summed E-state index contributed by atoms with van der Waals surface area (Å²) in [7, 11) is 0. The van der Waals surface area contributed by atoms with E-state index in [4.69, 9.17) is 2.74 Å². The Hall–Kier alpha value is -0.300. The zero-order valence-electron chi connectivity index (χ0n) is 21.9. The number of rotatable bonds is 0. The number of hydrogen-bond donors (Lipinski definition) is 1. The normalized spacial score (nSPS) is 62.4. The molecule has 0 spiro atoms. The van der Waals surface area contributed by atoms with Crippen LogP contribution in [0.15, 0.2) is 11.6 Å². The lowest BCUT2D eigenvalue weighted by Crippen LogP contribution is -2.64. The smallest absolute Gasteiger partial charge is 0.0594 e. The molecule has 0 radical (unpaired) electrons. The number of allylic oxidation sites excluding steroid dienone is 2. The largest absolute Gasteiger partial charge is 0.393 e. The average molecular weight is 401 g/mol. The topological polar surface area (TPSA) is 20.2 Å². The van der Waals surface area contributed by atoms with Crippen LogP contribution in [0.1, 0.15) is 115 Å². The zero-order chi connectivity index (χ0) is 22.6. The third kappa shape index (κ3) is 2.43. The molecule has 29 heavy (non-hydrogen) atoms. The molecule has 0 aromatic carbocycles. The Morgan fingerprint density at radius 3 is 2.45 bits per heavy atom. The molecule has 1 heteroatoms. The second kappa shape index (κ2) is 6.14. The molecule has 0 aromatic heterocycles. The van der Waals surface area contributed by atoms with Crippen molar-refractivity contribution in [3.05, 3.63) is 11.6 Å². The molecule has 0 aromatic rings. The van der Waals surface area contributed by atoms with E-state index in [9.17, 15) is 5.11 Å². The van der Waals surface area contributed by atoms with E-state index in [0.717, 1.165) is 32.1 Å². The molecule has 164 valence electrons. The van der Waals surface area contributed by atoms with Crippen LogP contribution in [0.2, 0.25) is 0 Å². The van der Waals surface area contributed by atoms with E-state index >= 15 is 0 Å². The molecule has 10 atom stereocenters. The van der Waals surface area contributed by atoms with E-state index in [1.165, 1.54) is 25.7 Å². The lowest BCUT2D eigenvalue weighted by molar-refractivity contribution is -0.201. The molecule has 0 amide bonds. The van der Waals surface area contributed by atoms with Gasteiger partial charge in [0.25, 0.3) is 0 Å². The highest BCUT2D eigenvalue weighted by atomic mass is 16.3. The van der Waals surface area contributed by atoms with Crippen LogP contribution in [0.25, 0.3) is 0 Å². The predicted molar refractivity (Wildman–Crippen MR) is 122 cm³/mol. The van der Waals surface area contributed by atoms with Crippen LogP contribution in [-0.2, 0) is 0 Å². The van der Waals surface area contributed by atoms with Gasteiger partial charge in [0.1, 0.15) is 0 Å². The summed E-state index contributed by atoms with van der Waals surface area (Å²) in [6.07, 6.45) is 12.2. The van der Waals surface area contributed by atoms with Crippen molar-refractivity contribution in [3.63, 3.8) is 0 Å². The molecule has 4 fully saturated rings. The maximum Gasteiger partial charge on any atom is 0.0594 e. The molecule has 1 unspecified atom stereocenters. The Bertz CT molecular complexity index is 790. The van der Waals surface area contributed by atoms with Crippen molar-refractivity contribution in [1.82, 2.24) is 0 Å². The number of aliphatic hydroxyl groups is 1. The molecule has 5 aliphatic carbocycles. The molecule has 0 saturated heterocycles. The summed E-state index contributed by atoms with van der Waals surface area (Å²) in [5.74, 6) is 1.52. The highest BCUT2D eigenvalue weighted by Crippen LogP contribution is 2.75. The number of aliphatic hydroxyl groups excluding tert-OH is 1. The summed E-state index contributed by atoms with van der Waals surface area (Å²) in [4.78, 5) is 0. The first-order chi connectivity index (χ1) is 14.3. The van der Waals surface area contributed by atoms with Gasteiger partial charge < -0.3 is 5.11 Å². The minimum Gasteiger partial charge on any atom is -0.393 e. The van der Waals surface area contributed by atoms with Crippen LogP contribution in [0, 0.1) is 44.8 Å². The van der Waals surface area contributed by atoms with Crippen LogP contribution in [-0.4, -0.2) is 11.2 Å². The quantitative estimate of drug-likeness (QED) is 0.416. The van der Waals surface area contributed by atoms with Gasteiger partial charge in [0.2, 0.25) is 0 Å². The van der Waals surface area contributed by atoms with Gasteiger partial charge in [0.05, 0.1) is 6.10 Å². The molecule has 0 aliphatic heterocycles. The van der Waals surface area contributed by atoms with Gasteiger partial charge in [-0.1, -0.05) is 66.0 Å². The summed E-state index contributed by atoms with van der Waals surface area (Å²) in [6.45, 7) is 14.8. The SMILES string of the molecule is [2H]C1CC[C@]2(C)CC[C@]3(C)C(=CC[C@@H]4[C@@]5(C)CC[C@H](O)C(C)(C)[C@@H]5CC[C@]43C)[C@@H]2[C@@H]1[2H]. The monoisotopic (exact) mass is 400 g/mol. The Balaban J connectivity index is 1.59. The Morgan fingerprint density at radius 2 is 1.69 bits per heavy atom. The van der Waals surface area contributed by atoms with Gasteiger partial charge >= 0.3 is 0 Å². The van der Waals surface area contributed by atoms with Crippen LogP contribution in [0.5, 0.6) is 0 Å². The third-order valence-electron chi connectivity index (χ3n) is 12.0. The molecular formula is C28H46O. The van der Waals surface area contributed by atoms with Crippen LogP contribution in [0.4, 0.5) is 0 Å². The Labute approximate surface area is 182 Å². The summed E-state index contributed by atoms with van der Waals surface area (Å²) in [5, 5.41) is 10.8. The van der Waals surface area contributed by atoms with Crippen molar-refractivity contribution in [2.75, 3.05) is 0 Å². The van der Waals surface area contributed by atoms with E-state index in [-0.39, 0.29) is 51.9 Å². The summed E-state index contributed by atoms with van der Waals surface area (Å²) >= 11 is 0.